The van der Waals surface area contributed by atoms with Crippen molar-refractivity contribution < 1.29 is 27.6 Å². The van der Waals surface area contributed by atoms with Crippen LogP contribution in [0, 0.1) is 21.4 Å². The predicted octanol–water partition coefficient (Wildman–Crippen LogP) is 7.87. The van der Waals surface area contributed by atoms with Gasteiger partial charge in [0.1, 0.15) is 17.1 Å². The van der Waals surface area contributed by atoms with Crippen LogP contribution >= 0.6 is 11.6 Å². The molecule has 0 radical (unpaired) electrons. The van der Waals surface area contributed by atoms with Crippen molar-refractivity contribution in [2.75, 3.05) is 70.5 Å². The summed E-state index contributed by atoms with van der Waals surface area (Å²) >= 11 is 6.25. The van der Waals surface area contributed by atoms with Crippen molar-refractivity contribution in [2.24, 2.45) is 11.3 Å². The second kappa shape index (κ2) is 17.7. The number of aromatic amines is 1. The number of amides is 1. The van der Waals surface area contributed by atoms with Crippen LogP contribution in [0.15, 0.2) is 89.6 Å². The van der Waals surface area contributed by atoms with Crippen LogP contribution in [0.2, 0.25) is 5.02 Å². The molecule has 14 nitrogen and oxygen atoms in total. The van der Waals surface area contributed by atoms with Gasteiger partial charge in [0.2, 0.25) is 0 Å². The van der Waals surface area contributed by atoms with E-state index in [0.717, 1.165) is 93.8 Å². The number of rotatable bonds is 12. The summed E-state index contributed by atoms with van der Waals surface area (Å²) in [6.07, 6.45) is 7.49. The quantitative estimate of drug-likeness (QED) is 0.0926. The van der Waals surface area contributed by atoms with E-state index in [1.54, 1.807) is 30.5 Å². The normalized spacial score (nSPS) is 19.6. The molecule has 63 heavy (non-hydrogen) atoms. The molecule has 0 saturated carbocycles. The number of hydrogen-bond acceptors (Lipinski definition) is 11. The van der Waals surface area contributed by atoms with Crippen molar-refractivity contribution in [1.82, 2.24) is 24.5 Å². The molecule has 5 aromatic rings. The lowest BCUT2D eigenvalue weighted by atomic mass is 9.72. The number of aromatic nitrogens is 2. The van der Waals surface area contributed by atoms with Gasteiger partial charge in [0.15, 0.2) is 0 Å². The number of pyridine rings is 1. The number of H-pyrrole nitrogens is 1. The van der Waals surface area contributed by atoms with Crippen LogP contribution in [0.4, 0.5) is 11.4 Å². The minimum absolute atomic E-state index is 0.0155. The van der Waals surface area contributed by atoms with Crippen LogP contribution in [-0.4, -0.2) is 105 Å². The van der Waals surface area contributed by atoms with E-state index in [1.807, 2.05) is 18.2 Å². The van der Waals surface area contributed by atoms with Gasteiger partial charge < -0.3 is 19.4 Å². The highest BCUT2D eigenvalue weighted by Gasteiger charge is 2.34. The summed E-state index contributed by atoms with van der Waals surface area (Å²) < 4.78 is 41.9. The van der Waals surface area contributed by atoms with Gasteiger partial charge >= 0.3 is 0 Å². The Kier molecular flexibility index (Phi) is 12.1. The summed E-state index contributed by atoms with van der Waals surface area (Å²) in [5.74, 6) is -0.318. The largest absolute Gasteiger partial charge is 0.455 e. The molecule has 0 bridgehead atoms. The lowest BCUT2D eigenvalue weighted by molar-refractivity contribution is -0.385. The summed E-state index contributed by atoms with van der Waals surface area (Å²) in [4.78, 5) is 40.0. The first-order valence-corrected chi connectivity index (χ1v) is 23.5. The number of anilines is 1. The van der Waals surface area contributed by atoms with Gasteiger partial charge in [0.05, 0.1) is 34.8 Å². The highest BCUT2D eigenvalue weighted by Crippen LogP contribution is 2.44. The summed E-state index contributed by atoms with van der Waals surface area (Å²) in [6.45, 7) is 12.3. The van der Waals surface area contributed by atoms with E-state index in [0.29, 0.717) is 48.6 Å². The zero-order valence-corrected chi connectivity index (χ0v) is 37.1. The van der Waals surface area contributed by atoms with Crippen molar-refractivity contribution in [1.29, 1.82) is 0 Å². The average molecular weight is 894 g/mol. The summed E-state index contributed by atoms with van der Waals surface area (Å²) in [5.41, 5.74) is 6.72. The number of allylic oxidation sites excluding steroid dienone is 1. The number of carbonyl (C=O) groups is 1. The Balaban J connectivity index is 0.941. The number of nitrogens with zero attached hydrogens (tertiary/aromatic N) is 5. The number of fused-ring (bicyclic) bond motifs is 2. The first-order chi connectivity index (χ1) is 30.3. The van der Waals surface area contributed by atoms with Gasteiger partial charge in [-0.05, 0) is 103 Å². The van der Waals surface area contributed by atoms with E-state index in [9.17, 15) is 23.3 Å². The Morgan fingerprint density at radius 1 is 1.00 bits per heavy atom. The fourth-order valence-corrected chi connectivity index (χ4v) is 10.8. The molecule has 9 rings (SSSR count). The molecule has 0 unspecified atom stereocenters. The summed E-state index contributed by atoms with van der Waals surface area (Å²) in [6, 6.07) is 19.5. The van der Waals surface area contributed by atoms with E-state index in [-0.39, 0.29) is 33.2 Å². The van der Waals surface area contributed by atoms with Gasteiger partial charge in [-0.25, -0.2) is 18.1 Å². The standard InChI is InChI=1S/C47H52ClN7O7S/c1-47(2)11-9-34(42(27-47)32-3-5-36(48)6-4-32)30-52-13-15-54(16-14-52)37-7-8-40(44(25-37)62-38-23-33-10-12-49-45(33)50-28-38)46(56)51-63(59,60)39-24-35-21-31(29-53-17-19-61-20-18-53)22-41(35)43(26-39)55(57)58/h3-8,10,12,23-26,28,31H,9,11,13-22,27,29-30H2,1-2H3,(H,49,50)(H,51,56)/t31-/m1/s1. The molecule has 2 saturated heterocycles. The van der Waals surface area contributed by atoms with Crippen molar-refractivity contribution in [2.45, 2.75) is 50.8 Å². The molecule has 2 N–H and O–H groups in total. The summed E-state index contributed by atoms with van der Waals surface area (Å²) in [5, 5.41) is 13.8. The minimum atomic E-state index is -4.55. The maximum atomic E-state index is 14.1. The van der Waals surface area contributed by atoms with Crippen LogP contribution < -0.4 is 14.4 Å². The van der Waals surface area contributed by atoms with Crippen molar-refractivity contribution in [3.63, 3.8) is 0 Å². The van der Waals surface area contributed by atoms with Gasteiger partial charge in [-0.1, -0.05) is 43.2 Å². The van der Waals surface area contributed by atoms with Crippen LogP contribution in [0.25, 0.3) is 16.6 Å². The second-order valence-corrected chi connectivity index (χ2v) is 20.1. The Hall–Kier alpha value is -5.32. The van der Waals surface area contributed by atoms with E-state index >= 15 is 0 Å². The number of carbonyl (C=O) groups excluding carboxylic acids is 1. The Labute approximate surface area is 372 Å². The van der Waals surface area contributed by atoms with Crippen LogP contribution in [-0.2, 0) is 27.6 Å². The first kappa shape index (κ1) is 43.0. The van der Waals surface area contributed by atoms with Crippen LogP contribution in [0.5, 0.6) is 11.5 Å². The van der Waals surface area contributed by atoms with Crippen LogP contribution in [0.3, 0.4) is 0 Å². The number of nitrogens with one attached hydrogen (secondary N) is 2. The molecule has 4 heterocycles. The molecular weight excluding hydrogens is 842 g/mol. The maximum absolute atomic E-state index is 14.1. The molecular formula is C47H52ClN7O7S. The average Bonchev–Trinajstić information content (AvgIpc) is 3.91. The molecule has 2 fully saturated rings. The molecule has 4 aliphatic rings. The monoisotopic (exact) mass is 893 g/mol. The Morgan fingerprint density at radius 3 is 2.54 bits per heavy atom. The third-order valence-corrected chi connectivity index (χ3v) is 14.6. The minimum Gasteiger partial charge on any atom is -0.455 e. The SMILES string of the molecule is CC1(C)CCC(CN2CCN(c3ccc(C(=O)NS(=O)(=O)c4cc5c(c([N+](=O)[O-])c4)C[C@H](CN4CCOCC4)C5)c(Oc4cnc5[nH]ccc5c4)c3)CC2)=C(c2ccc(Cl)cc2)C1. The van der Waals surface area contributed by atoms with Gasteiger partial charge in [-0.2, -0.15) is 0 Å². The van der Waals surface area contributed by atoms with Crippen LogP contribution in [0.1, 0.15) is 60.2 Å². The zero-order valence-electron chi connectivity index (χ0n) is 35.6. The maximum Gasteiger partial charge on any atom is 0.274 e. The molecule has 2 aromatic heterocycles. The molecule has 330 valence electrons. The number of benzene rings is 3. The highest BCUT2D eigenvalue weighted by molar-refractivity contribution is 7.90. The van der Waals surface area contributed by atoms with Gasteiger partial charge in [-0.15, -0.1) is 0 Å². The fourth-order valence-electron chi connectivity index (χ4n) is 9.59. The number of morpholine rings is 1. The third kappa shape index (κ3) is 9.63. The number of nitro groups is 1. The topological polar surface area (TPSA) is 163 Å². The zero-order chi connectivity index (χ0) is 43.9. The molecule has 16 heteroatoms. The van der Waals surface area contributed by atoms with Crippen molar-refractivity contribution in [3.05, 3.63) is 122 Å². The lowest BCUT2D eigenvalue weighted by Crippen LogP contribution is -2.47. The number of ether oxygens (including phenoxy) is 2. The Morgan fingerprint density at radius 2 is 1.78 bits per heavy atom. The smallest absolute Gasteiger partial charge is 0.274 e. The molecule has 1 amide bonds. The summed E-state index contributed by atoms with van der Waals surface area (Å²) in [7, 11) is -4.55. The molecule has 3 aromatic carbocycles. The number of nitro benzene ring substituents is 1. The molecule has 1 atom stereocenters. The molecule has 2 aliphatic heterocycles. The van der Waals surface area contributed by atoms with E-state index in [4.69, 9.17) is 21.1 Å². The fraction of sp³-hybridized carbons (Fsp3) is 0.404. The number of halogens is 1. The van der Waals surface area contributed by atoms with Gasteiger partial charge in [0, 0.05) is 92.3 Å². The number of hydrogen-bond donors (Lipinski definition) is 2. The molecule has 2 aliphatic carbocycles. The van der Waals surface area contributed by atoms with E-state index < -0.39 is 20.9 Å². The number of sulfonamides is 1. The van der Waals surface area contributed by atoms with E-state index in [1.165, 1.54) is 29.0 Å². The first-order valence-electron chi connectivity index (χ1n) is 21.6. The predicted molar refractivity (Wildman–Crippen MR) is 243 cm³/mol. The Bertz CT molecular complexity index is 2690. The van der Waals surface area contributed by atoms with Crippen molar-refractivity contribution >= 4 is 55.5 Å². The van der Waals surface area contributed by atoms with E-state index in [2.05, 4.69) is 55.4 Å². The van der Waals surface area contributed by atoms with Gasteiger partial charge in [0.25, 0.3) is 21.6 Å². The lowest BCUT2D eigenvalue weighted by Gasteiger charge is -2.39. The highest BCUT2D eigenvalue weighted by atomic mass is 35.5. The number of piperazine rings is 1. The third-order valence-electron chi connectivity index (χ3n) is 13.0. The van der Waals surface area contributed by atoms with Gasteiger partial charge in [-0.3, -0.25) is 24.7 Å². The molecule has 0 spiro atoms. The second-order valence-electron chi connectivity index (χ2n) is 18.0. The van der Waals surface area contributed by atoms with Crippen molar-refractivity contribution in [3.8, 4) is 11.5 Å².